The van der Waals surface area contributed by atoms with Gasteiger partial charge in [0.15, 0.2) is 0 Å². The van der Waals surface area contributed by atoms with Crippen molar-refractivity contribution >= 4 is 24.4 Å². The van der Waals surface area contributed by atoms with Crippen molar-refractivity contribution in [1.82, 2.24) is 0 Å². The number of rotatable bonds is 4. The molecule has 0 atom stereocenters. The first-order valence-corrected chi connectivity index (χ1v) is 5.81. The fourth-order valence-electron chi connectivity index (χ4n) is 0.936. The minimum atomic E-state index is 0.777. The molecular formula is C11H14S2. The van der Waals surface area contributed by atoms with Crippen LogP contribution in [0.15, 0.2) is 41.3 Å². The SMILES string of the molecule is C=C(CS)CSc1cccc(C)c1. The quantitative estimate of drug-likeness (QED) is 0.450. The summed E-state index contributed by atoms with van der Waals surface area (Å²) >= 11 is 5.99. The normalized spacial score (nSPS) is 10.0. The summed E-state index contributed by atoms with van der Waals surface area (Å²) in [6.07, 6.45) is 0. The van der Waals surface area contributed by atoms with E-state index in [-0.39, 0.29) is 0 Å². The zero-order chi connectivity index (χ0) is 9.68. The summed E-state index contributed by atoms with van der Waals surface area (Å²) in [5.74, 6) is 1.74. The highest BCUT2D eigenvalue weighted by Gasteiger charge is 1.95. The third-order valence-corrected chi connectivity index (χ3v) is 3.24. The van der Waals surface area contributed by atoms with E-state index in [0.29, 0.717) is 0 Å². The highest BCUT2D eigenvalue weighted by atomic mass is 32.2. The van der Waals surface area contributed by atoms with Crippen LogP contribution in [-0.4, -0.2) is 11.5 Å². The molecule has 0 aliphatic heterocycles. The first-order valence-electron chi connectivity index (χ1n) is 4.19. The van der Waals surface area contributed by atoms with Gasteiger partial charge in [-0.25, -0.2) is 0 Å². The van der Waals surface area contributed by atoms with E-state index in [1.54, 1.807) is 0 Å². The zero-order valence-electron chi connectivity index (χ0n) is 7.79. The summed E-state index contributed by atoms with van der Waals surface area (Å²) in [5, 5.41) is 0. The molecule has 0 amide bonds. The minimum absolute atomic E-state index is 0.777. The maximum absolute atomic E-state index is 4.17. The van der Waals surface area contributed by atoms with Crippen molar-refractivity contribution in [1.29, 1.82) is 0 Å². The molecule has 0 aliphatic rings. The number of thioether (sulfide) groups is 1. The van der Waals surface area contributed by atoms with E-state index in [2.05, 4.69) is 50.4 Å². The van der Waals surface area contributed by atoms with Crippen molar-refractivity contribution in [2.75, 3.05) is 11.5 Å². The molecule has 13 heavy (non-hydrogen) atoms. The Hall–Kier alpha value is -0.340. The standard InChI is InChI=1S/C11H14S2/c1-9-4-3-5-11(6-9)13-8-10(2)7-12/h3-6,12H,2,7-8H2,1H3. The van der Waals surface area contributed by atoms with Crippen LogP contribution in [0.2, 0.25) is 0 Å². The van der Waals surface area contributed by atoms with Gasteiger partial charge >= 0.3 is 0 Å². The maximum atomic E-state index is 4.17. The molecule has 1 rings (SSSR count). The van der Waals surface area contributed by atoms with E-state index in [4.69, 9.17) is 0 Å². The van der Waals surface area contributed by atoms with Gasteiger partial charge in [-0.05, 0) is 19.1 Å². The van der Waals surface area contributed by atoms with Crippen LogP contribution < -0.4 is 0 Å². The Balaban J connectivity index is 2.50. The molecule has 1 aromatic rings. The van der Waals surface area contributed by atoms with Crippen LogP contribution >= 0.6 is 24.4 Å². The van der Waals surface area contributed by atoms with Gasteiger partial charge in [0.25, 0.3) is 0 Å². The maximum Gasteiger partial charge on any atom is 0.0196 e. The Morgan fingerprint density at radius 3 is 2.92 bits per heavy atom. The largest absolute Gasteiger partial charge is 0.175 e. The lowest BCUT2D eigenvalue weighted by molar-refractivity contribution is 1.35. The molecule has 0 aromatic heterocycles. The fraction of sp³-hybridized carbons (Fsp3) is 0.273. The average Bonchev–Trinajstić information content (AvgIpc) is 2.14. The van der Waals surface area contributed by atoms with Crippen LogP contribution in [-0.2, 0) is 0 Å². The smallest absolute Gasteiger partial charge is 0.0196 e. The molecule has 0 N–H and O–H groups in total. The molecule has 2 heteroatoms. The highest BCUT2D eigenvalue weighted by Crippen LogP contribution is 2.20. The van der Waals surface area contributed by atoms with E-state index >= 15 is 0 Å². The lowest BCUT2D eigenvalue weighted by Crippen LogP contribution is -1.86. The van der Waals surface area contributed by atoms with Crippen LogP contribution in [0, 0.1) is 6.92 Å². The number of benzene rings is 1. The number of hydrogen-bond donors (Lipinski definition) is 1. The summed E-state index contributed by atoms with van der Waals surface area (Å²) in [6, 6.07) is 8.51. The van der Waals surface area contributed by atoms with E-state index in [1.807, 2.05) is 11.8 Å². The summed E-state index contributed by atoms with van der Waals surface area (Å²) < 4.78 is 0. The molecule has 0 saturated heterocycles. The topological polar surface area (TPSA) is 0 Å². The third-order valence-electron chi connectivity index (χ3n) is 1.66. The van der Waals surface area contributed by atoms with Gasteiger partial charge in [-0.3, -0.25) is 0 Å². The van der Waals surface area contributed by atoms with Crippen molar-refractivity contribution in [2.24, 2.45) is 0 Å². The molecule has 0 saturated carbocycles. The second kappa shape index (κ2) is 5.40. The Morgan fingerprint density at radius 2 is 2.31 bits per heavy atom. The fourth-order valence-corrected chi connectivity index (χ4v) is 2.12. The Labute approximate surface area is 89.8 Å². The predicted molar refractivity (Wildman–Crippen MR) is 64.9 cm³/mol. The van der Waals surface area contributed by atoms with Crippen LogP contribution in [0.4, 0.5) is 0 Å². The Kier molecular flexibility index (Phi) is 4.46. The molecule has 1 aromatic carbocycles. The molecule has 0 bridgehead atoms. The molecule has 0 aliphatic carbocycles. The van der Waals surface area contributed by atoms with Gasteiger partial charge in [-0.2, -0.15) is 12.6 Å². The lowest BCUT2D eigenvalue weighted by atomic mass is 10.2. The van der Waals surface area contributed by atoms with Gasteiger partial charge in [0.1, 0.15) is 0 Å². The summed E-state index contributed by atoms with van der Waals surface area (Å²) in [4.78, 5) is 1.31. The van der Waals surface area contributed by atoms with Crippen molar-refractivity contribution in [3.63, 3.8) is 0 Å². The summed E-state index contributed by atoms with van der Waals surface area (Å²) in [6.45, 7) is 6.02. The minimum Gasteiger partial charge on any atom is -0.175 e. The van der Waals surface area contributed by atoms with Gasteiger partial charge in [-0.15, -0.1) is 11.8 Å². The molecule has 0 nitrogen and oxygen atoms in total. The van der Waals surface area contributed by atoms with E-state index in [9.17, 15) is 0 Å². The van der Waals surface area contributed by atoms with Crippen molar-refractivity contribution in [3.05, 3.63) is 42.0 Å². The molecule has 70 valence electrons. The average molecular weight is 210 g/mol. The van der Waals surface area contributed by atoms with Gasteiger partial charge in [0, 0.05) is 16.4 Å². The van der Waals surface area contributed by atoms with Gasteiger partial charge < -0.3 is 0 Å². The molecule has 0 unspecified atom stereocenters. The molecule has 0 spiro atoms. The number of hydrogen-bond acceptors (Lipinski definition) is 2. The second-order valence-corrected chi connectivity index (χ2v) is 4.38. The number of thiol groups is 1. The lowest BCUT2D eigenvalue weighted by Gasteiger charge is -2.03. The van der Waals surface area contributed by atoms with Gasteiger partial charge in [-0.1, -0.05) is 29.8 Å². The summed E-state index contributed by atoms with van der Waals surface area (Å²) in [7, 11) is 0. The van der Waals surface area contributed by atoms with Crippen molar-refractivity contribution < 1.29 is 0 Å². The van der Waals surface area contributed by atoms with Crippen molar-refractivity contribution in [3.8, 4) is 0 Å². The summed E-state index contributed by atoms with van der Waals surface area (Å²) in [5.41, 5.74) is 2.48. The van der Waals surface area contributed by atoms with E-state index in [0.717, 1.165) is 11.5 Å². The molecule has 0 heterocycles. The number of aryl methyl sites for hydroxylation is 1. The van der Waals surface area contributed by atoms with Crippen LogP contribution in [0.3, 0.4) is 0 Å². The third kappa shape index (κ3) is 3.92. The highest BCUT2D eigenvalue weighted by molar-refractivity contribution is 7.99. The second-order valence-electron chi connectivity index (χ2n) is 3.01. The zero-order valence-corrected chi connectivity index (χ0v) is 9.50. The van der Waals surface area contributed by atoms with Gasteiger partial charge in [0.2, 0.25) is 0 Å². The molecule has 0 radical (unpaired) electrons. The van der Waals surface area contributed by atoms with Crippen molar-refractivity contribution in [2.45, 2.75) is 11.8 Å². The first kappa shape index (κ1) is 10.7. The monoisotopic (exact) mass is 210 g/mol. The van der Waals surface area contributed by atoms with Crippen LogP contribution in [0.25, 0.3) is 0 Å². The van der Waals surface area contributed by atoms with E-state index in [1.165, 1.54) is 16.0 Å². The van der Waals surface area contributed by atoms with Crippen LogP contribution in [0.1, 0.15) is 5.56 Å². The van der Waals surface area contributed by atoms with E-state index < -0.39 is 0 Å². The Morgan fingerprint density at radius 1 is 1.54 bits per heavy atom. The van der Waals surface area contributed by atoms with Crippen LogP contribution in [0.5, 0.6) is 0 Å². The molecule has 0 fully saturated rings. The predicted octanol–water partition coefficient (Wildman–Crippen LogP) is 3.57. The van der Waals surface area contributed by atoms with Gasteiger partial charge in [0.05, 0.1) is 0 Å². The first-order chi connectivity index (χ1) is 6.22. The molecular weight excluding hydrogens is 196 g/mol. The Bertz CT molecular complexity index is 292.